The molecule has 0 saturated carbocycles. The van der Waals surface area contributed by atoms with Crippen molar-refractivity contribution in [3.05, 3.63) is 29.8 Å². The fraction of sp³-hybridized carbons (Fsp3) is 0.500. The quantitative estimate of drug-likeness (QED) is 0.866. The smallest absolute Gasteiger partial charge is 0.317 e. The Bertz CT molecular complexity index is 428. The summed E-state index contributed by atoms with van der Waals surface area (Å²) in [6.45, 7) is 1.71. The Morgan fingerprint density at radius 2 is 2.21 bits per heavy atom. The Morgan fingerprint density at radius 1 is 1.47 bits per heavy atom. The number of likely N-dealkylation sites (tertiary alicyclic amines) is 1. The second kappa shape index (κ2) is 6.43. The molecule has 1 heterocycles. The molecule has 0 spiro atoms. The van der Waals surface area contributed by atoms with Gasteiger partial charge in [0.15, 0.2) is 0 Å². The van der Waals surface area contributed by atoms with Gasteiger partial charge in [-0.2, -0.15) is 0 Å². The Balaban J connectivity index is 1.82. The highest BCUT2D eigenvalue weighted by Crippen LogP contribution is 2.13. The van der Waals surface area contributed by atoms with Crippen LogP contribution in [0.1, 0.15) is 18.4 Å². The lowest BCUT2D eigenvalue weighted by molar-refractivity contribution is 0.0936. The molecule has 2 N–H and O–H groups in total. The summed E-state index contributed by atoms with van der Waals surface area (Å²) in [4.78, 5) is 13.7. The largest absolute Gasteiger partial charge is 0.497 e. The molecule has 1 aliphatic heterocycles. The molecule has 0 atom stereocenters. The van der Waals surface area contributed by atoms with Gasteiger partial charge < -0.3 is 20.1 Å². The van der Waals surface area contributed by atoms with E-state index in [4.69, 9.17) is 4.74 Å². The summed E-state index contributed by atoms with van der Waals surface area (Å²) in [5, 5.41) is 12.3. The van der Waals surface area contributed by atoms with Crippen LogP contribution in [0.25, 0.3) is 0 Å². The van der Waals surface area contributed by atoms with Gasteiger partial charge in [-0.05, 0) is 30.5 Å². The zero-order chi connectivity index (χ0) is 13.7. The first-order valence-electron chi connectivity index (χ1n) is 6.53. The van der Waals surface area contributed by atoms with E-state index in [0.29, 0.717) is 32.5 Å². The molecule has 104 valence electrons. The maximum Gasteiger partial charge on any atom is 0.317 e. The number of hydrogen-bond acceptors (Lipinski definition) is 3. The fourth-order valence-electron chi connectivity index (χ4n) is 2.14. The number of ether oxygens (including phenoxy) is 1. The minimum atomic E-state index is -0.262. The first-order valence-corrected chi connectivity index (χ1v) is 6.53. The number of rotatable bonds is 3. The molecule has 0 aromatic heterocycles. The summed E-state index contributed by atoms with van der Waals surface area (Å²) in [6, 6.07) is 7.55. The van der Waals surface area contributed by atoms with Crippen molar-refractivity contribution in [2.75, 3.05) is 20.2 Å². The standard InChI is InChI=1S/C14H20N2O3/c1-19-13-4-2-3-11(9-13)10-15-14(18)16-7-5-12(17)6-8-16/h2-4,9,12,17H,5-8,10H2,1H3,(H,15,18). The highest BCUT2D eigenvalue weighted by Gasteiger charge is 2.20. The monoisotopic (exact) mass is 264 g/mol. The van der Waals surface area contributed by atoms with E-state index in [1.165, 1.54) is 0 Å². The second-order valence-corrected chi connectivity index (χ2v) is 4.73. The van der Waals surface area contributed by atoms with Gasteiger partial charge in [0.25, 0.3) is 0 Å². The number of carbonyl (C=O) groups excluding carboxylic acids is 1. The molecular weight excluding hydrogens is 244 g/mol. The van der Waals surface area contributed by atoms with E-state index < -0.39 is 0 Å². The molecule has 5 nitrogen and oxygen atoms in total. The van der Waals surface area contributed by atoms with Crippen LogP contribution in [0.2, 0.25) is 0 Å². The number of methoxy groups -OCH3 is 1. The van der Waals surface area contributed by atoms with Crippen molar-refractivity contribution < 1.29 is 14.6 Å². The van der Waals surface area contributed by atoms with Gasteiger partial charge >= 0.3 is 6.03 Å². The number of amides is 2. The second-order valence-electron chi connectivity index (χ2n) is 4.73. The molecule has 1 aromatic rings. The van der Waals surface area contributed by atoms with E-state index in [1.54, 1.807) is 12.0 Å². The summed E-state index contributed by atoms with van der Waals surface area (Å²) in [5.41, 5.74) is 1.00. The SMILES string of the molecule is COc1cccc(CNC(=O)N2CCC(O)CC2)c1. The summed E-state index contributed by atoms with van der Waals surface area (Å²) >= 11 is 0. The summed E-state index contributed by atoms with van der Waals surface area (Å²) < 4.78 is 5.14. The van der Waals surface area contributed by atoms with E-state index in [9.17, 15) is 9.90 Å². The number of benzene rings is 1. The Morgan fingerprint density at radius 3 is 2.89 bits per heavy atom. The van der Waals surface area contributed by atoms with Crippen molar-refractivity contribution in [1.29, 1.82) is 0 Å². The Kier molecular flexibility index (Phi) is 4.63. The van der Waals surface area contributed by atoms with E-state index >= 15 is 0 Å². The topological polar surface area (TPSA) is 61.8 Å². The number of nitrogens with zero attached hydrogens (tertiary/aromatic N) is 1. The molecule has 19 heavy (non-hydrogen) atoms. The number of nitrogens with one attached hydrogen (secondary N) is 1. The lowest BCUT2D eigenvalue weighted by Crippen LogP contribution is -2.45. The predicted octanol–water partition coefficient (Wildman–Crippen LogP) is 1.36. The maximum absolute atomic E-state index is 11.9. The van der Waals surface area contributed by atoms with Gasteiger partial charge in [-0.3, -0.25) is 0 Å². The first-order chi connectivity index (χ1) is 9.19. The molecule has 2 amide bonds. The highest BCUT2D eigenvalue weighted by atomic mass is 16.5. The first kappa shape index (κ1) is 13.7. The van der Waals surface area contributed by atoms with Gasteiger partial charge in [0.1, 0.15) is 5.75 Å². The van der Waals surface area contributed by atoms with Crippen LogP contribution in [0.3, 0.4) is 0 Å². The van der Waals surface area contributed by atoms with Crippen molar-refractivity contribution in [3.63, 3.8) is 0 Å². The number of aliphatic hydroxyl groups excluding tert-OH is 1. The third kappa shape index (κ3) is 3.86. The van der Waals surface area contributed by atoms with Gasteiger partial charge in [-0.1, -0.05) is 12.1 Å². The van der Waals surface area contributed by atoms with E-state index in [1.807, 2.05) is 24.3 Å². The summed E-state index contributed by atoms with van der Waals surface area (Å²) in [7, 11) is 1.62. The van der Waals surface area contributed by atoms with E-state index in [0.717, 1.165) is 11.3 Å². The Labute approximate surface area is 113 Å². The lowest BCUT2D eigenvalue weighted by Gasteiger charge is -2.29. The van der Waals surface area contributed by atoms with Crippen molar-refractivity contribution in [1.82, 2.24) is 10.2 Å². The average molecular weight is 264 g/mol. The number of hydrogen-bond donors (Lipinski definition) is 2. The molecule has 5 heteroatoms. The normalized spacial score (nSPS) is 16.2. The van der Waals surface area contributed by atoms with Crippen LogP contribution < -0.4 is 10.1 Å². The van der Waals surface area contributed by atoms with Crippen molar-refractivity contribution in [2.24, 2.45) is 0 Å². The van der Waals surface area contributed by atoms with Crippen LogP contribution in [0, 0.1) is 0 Å². The van der Waals surface area contributed by atoms with Crippen LogP contribution in [-0.4, -0.2) is 42.3 Å². The summed E-state index contributed by atoms with van der Waals surface area (Å²) in [6.07, 6.45) is 1.06. The zero-order valence-corrected chi connectivity index (χ0v) is 11.1. The predicted molar refractivity (Wildman–Crippen MR) is 72.0 cm³/mol. The highest BCUT2D eigenvalue weighted by molar-refractivity contribution is 5.74. The number of carbonyl (C=O) groups is 1. The fourth-order valence-corrected chi connectivity index (χ4v) is 2.14. The zero-order valence-electron chi connectivity index (χ0n) is 11.1. The summed E-state index contributed by atoms with van der Waals surface area (Å²) in [5.74, 6) is 0.785. The molecule has 2 rings (SSSR count). The molecule has 1 fully saturated rings. The van der Waals surface area contributed by atoms with Crippen LogP contribution in [0.15, 0.2) is 24.3 Å². The molecule has 1 saturated heterocycles. The average Bonchev–Trinajstić information content (AvgIpc) is 2.46. The number of aliphatic hydroxyl groups is 1. The van der Waals surface area contributed by atoms with Crippen LogP contribution >= 0.6 is 0 Å². The van der Waals surface area contributed by atoms with Crippen LogP contribution in [-0.2, 0) is 6.54 Å². The molecule has 0 bridgehead atoms. The molecule has 0 radical (unpaired) electrons. The van der Waals surface area contributed by atoms with Gasteiger partial charge in [-0.15, -0.1) is 0 Å². The minimum Gasteiger partial charge on any atom is -0.497 e. The molecule has 0 aliphatic carbocycles. The van der Waals surface area contributed by atoms with Gasteiger partial charge in [0.2, 0.25) is 0 Å². The van der Waals surface area contributed by atoms with Gasteiger partial charge in [-0.25, -0.2) is 4.79 Å². The number of piperidine rings is 1. The maximum atomic E-state index is 11.9. The van der Waals surface area contributed by atoms with Gasteiger partial charge in [0, 0.05) is 19.6 Å². The molecular formula is C14H20N2O3. The van der Waals surface area contributed by atoms with E-state index in [-0.39, 0.29) is 12.1 Å². The van der Waals surface area contributed by atoms with Crippen molar-refractivity contribution >= 4 is 6.03 Å². The van der Waals surface area contributed by atoms with E-state index in [2.05, 4.69) is 5.32 Å². The number of urea groups is 1. The third-order valence-corrected chi connectivity index (χ3v) is 3.33. The Hall–Kier alpha value is -1.75. The molecule has 1 aliphatic rings. The van der Waals surface area contributed by atoms with Gasteiger partial charge in [0.05, 0.1) is 13.2 Å². The minimum absolute atomic E-state index is 0.0743. The van der Waals surface area contributed by atoms with Crippen LogP contribution in [0.4, 0.5) is 4.79 Å². The van der Waals surface area contributed by atoms with Crippen LogP contribution in [0.5, 0.6) is 5.75 Å². The molecule has 1 aromatic carbocycles. The van der Waals surface area contributed by atoms with Crippen molar-refractivity contribution in [2.45, 2.75) is 25.5 Å². The molecule has 0 unspecified atom stereocenters. The van der Waals surface area contributed by atoms with Crippen molar-refractivity contribution in [3.8, 4) is 5.75 Å². The lowest BCUT2D eigenvalue weighted by atomic mass is 10.1. The third-order valence-electron chi connectivity index (χ3n) is 3.33.